The van der Waals surface area contributed by atoms with Crippen LogP contribution in [0.4, 0.5) is 5.69 Å². The molecule has 0 radical (unpaired) electrons. The number of amidine groups is 1. The lowest BCUT2D eigenvalue weighted by Crippen LogP contribution is -2.37. The molecule has 0 aliphatic carbocycles. The number of aliphatic imine (C=N–C) groups is 1. The molecule has 0 aromatic heterocycles. The molecule has 1 N–H and O–H groups in total. The summed E-state index contributed by atoms with van der Waals surface area (Å²) in [6, 6.07) is 3.19. The fourth-order valence-electron chi connectivity index (χ4n) is 3.66. The van der Waals surface area contributed by atoms with Crippen LogP contribution in [0.1, 0.15) is 33.1 Å². The van der Waals surface area contributed by atoms with Crippen molar-refractivity contribution in [3.05, 3.63) is 16.6 Å². The summed E-state index contributed by atoms with van der Waals surface area (Å²) in [5.41, 5.74) is 0.637. The number of anilines is 1. The lowest BCUT2D eigenvalue weighted by Gasteiger charge is -2.26. The van der Waals surface area contributed by atoms with E-state index in [1.807, 2.05) is 13.8 Å². The number of aliphatic carboxylic acids is 1. The Labute approximate surface area is 199 Å². The minimum Gasteiger partial charge on any atom is -0.490 e. The van der Waals surface area contributed by atoms with Gasteiger partial charge in [0.05, 0.1) is 35.2 Å². The molecule has 1 aromatic carbocycles. The second kappa shape index (κ2) is 10.4. The maximum Gasteiger partial charge on any atom is 0.303 e. The van der Waals surface area contributed by atoms with Gasteiger partial charge in [-0.25, -0.2) is 8.42 Å². The predicted molar refractivity (Wildman–Crippen MR) is 127 cm³/mol. The highest BCUT2D eigenvalue weighted by Crippen LogP contribution is 2.45. The number of carboxylic acid groups (broad SMARTS) is 1. The van der Waals surface area contributed by atoms with Crippen LogP contribution in [0.3, 0.4) is 0 Å². The molecule has 2 heterocycles. The largest absolute Gasteiger partial charge is 0.490 e. The van der Waals surface area contributed by atoms with E-state index in [0.29, 0.717) is 40.0 Å². The number of carboxylic acids is 1. The molecule has 2 unspecified atom stereocenters. The maximum absolute atomic E-state index is 12.4. The summed E-state index contributed by atoms with van der Waals surface area (Å²) in [5.74, 6) is -0.377. The molecular formula is C20H25BrN2O7S2. The van der Waals surface area contributed by atoms with Gasteiger partial charge in [-0.1, -0.05) is 11.8 Å². The van der Waals surface area contributed by atoms with Crippen molar-refractivity contribution in [1.82, 2.24) is 0 Å². The summed E-state index contributed by atoms with van der Waals surface area (Å²) >= 11 is 4.78. The number of halogens is 1. The summed E-state index contributed by atoms with van der Waals surface area (Å²) < 4.78 is 36.6. The van der Waals surface area contributed by atoms with E-state index in [-0.39, 0.29) is 42.1 Å². The summed E-state index contributed by atoms with van der Waals surface area (Å²) in [6.07, 6.45) is 0.0927. The van der Waals surface area contributed by atoms with E-state index in [4.69, 9.17) is 14.6 Å². The number of thioether (sulfide) groups is 1. The van der Waals surface area contributed by atoms with Gasteiger partial charge in [-0.3, -0.25) is 9.59 Å². The molecule has 0 spiro atoms. The van der Waals surface area contributed by atoms with Crippen LogP contribution in [0, 0.1) is 0 Å². The monoisotopic (exact) mass is 548 g/mol. The van der Waals surface area contributed by atoms with E-state index >= 15 is 0 Å². The van der Waals surface area contributed by atoms with Gasteiger partial charge >= 0.3 is 5.97 Å². The average Bonchev–Trinajstić information content (AvgIpc) is 3.14. The van der Waals surface area contributed by atoms with Crippen LogP contribution in [0.15, 0.2) is 21.6 Å². The number of hydrogen-bond acceptors (Lipinski definition) is 7. The topological polar surface area (TPSA) is 123 Å². The molecule has 9 nitrogen and oxygen atoms in total. The summed E-state index contributed by atoms with van der Waals surface area (Å²) in [7, 11) is -3.20. The third-order valence-electron chi connectivity index (χ3n) is 4.93. The number of amides is 1. The van der Waals surface area contributed by atoms with Crippen LogP contribution >= 0.6 is 27.7 Å². The predicted octanol–water partition coefficient (Wildman–Crippen LogP) is 3.10. The van der Waals surface area contributed by atoms with Crippen molar-refractivity contribution >= 4 is 60.3 Å². The van der Waals surface area contributed by atoms with Gasteiger partial charge in [-0.2, -0.15) is 4.99 Å². The Kier molecular flexibility index (Phi) is 8.10. The van der Waals surface area contributed by atoms with E-state index in [2.05, 4.69) is 20.9 Å². The van der Waals surface area contributed by atoms with Crippen LogP contribution in [-0.4, -0.2) is 66.6 Å². The zero-order chi connectivity index (χ0) is 23.5. The number of benzene rings is 1. The highest BCUT2D eigenvalue weighted by Gasteiger charge is 2.49. The molecule has 3 rings (SSSR count). The fraction of sp³-hybridized carbons (Fsp3) is 0.550. The van der Waals surface area contributed by atoms with Gasteiger partial charge in [0, 0.05) is 29.8 Å². The van der Waals surface area contributed by atoms with Crippen LogP contribution in [0.2, 0.25) is 0 Å². The van der Waals surface area contributed by atoms with Crippen LogP contribution in [0.5, 0.6) is 11.5 Å². The lowest BCUT2D eigenvalue weighted by atomic mass is 10.2. The van der Waals surface area contributed by atoms with Gasteiger partial charge in [0.2, 0.25) is 5.91 Å². The highest BCUT2D eigenvalue weighted by atomic mass is 79.9. The number of ether oxygens (including phenoxy) is 2. The molecule has 32 heavy (non-hydrogen) atoms. The first-order chi connectivity index (χ1) is 15.1. The Morgan fingerprint density at radius 3 is 2.59 bits per heavy atom. The van der Waals surface area contributed by atoms with Crippen molar-refractivity contribution in [2.24, 2.45) is 4.99 Å². The fourth-order valence-corrected chi connectivity index (χ4v) is 8.14. The molecule has 2 saturated heterocycles. The van der Waals surface area contributed by atoms with Gasteiger partial charge in [0.25, 0.3) is 0 Å². The minimum atomic E-state index is -3.20. The Hall–Kier alpha value is -1.79. The standard InChI is InChI=1S/C20H25BrN2O7S2/c1-3-29-15-9-12(8-13(21)19(15)30-4-2)23-14-10-32(27,28)11-16(14)31-20(23)22-17(24)6-5-7-18(25)26/h8-9,14,16H,3-7,10-11H2,1-2H3,(H,25,26). The second-order valence-electron chi connectivity index (χ2n) is 7.33. The maximum atomic E-state index is 12.4. The number of fused-ring (bicyclic) bond motifs is 1. The summed E-state index contributed by atoms with van der Waals surface area (Å²) in [4.78, 5) is 29.1. The molecule has 176 valence electrons. The third-order valence-corrected chi connectivity index (χ3v) is 8.73. The number of nitrogens with zero attached hydrogens (tertiary/aromatic N) is 2. The van der Waals surface area contributed by atoms with Crippen molar-refractivity contribution in [3.63, 3.8) is 0 Å². The number of hydrogen-bond donors (Lipinski definition) is 1. The van der Waals surface area contributed by atoms with Gasteiger partial charge < -0.3 is 19.5 Å². The third kappa shape index (κ3) is 5.76. The zero-order valence-corrected chi connectivity index (χ0v) is 21.0. The molecule has 1 aromatic rings. The SMILES string of the molecule is CCOc1cc(N2C(=NC(=O)CCCC(=O)O)SC3CS(=O)(=O)CC32)cc(Br)c1OCC. The van der Waals surface area contributed by atoms with E-state index in [9.17, 15) is 18.0 Å². The van der Waals surface area contributed by atoms with Gasteiger partial charge in [0.1, 0.15) is 0 Å². The molecule has 0 saturated carbocycles. The summed E-state index contributed by atoms with van der Waals surface area (Å²) in [6.45, 7) is 4.57. The molecular weight excluding hydrogens is 524 g/mol. The number of sulfone groups is 1. The lowest BCUT2D eigenvalue weighted by molar-refractivity contribution is -0.137. The van der Waals surface area contributed by atoms with Gasteiger partial charge in [-0.15, -0.1) is 0 Å². The molecule has 2 aliphatic heterocycles. The van der Waals surface area contributed by atoms with E-state index in [1.54, 1.807) is 17.0 Å². The van der Waals surface area contributed by atoms with E-state index in [1.165, 1.54) is 11.8 Å². The molecule has 2 fully saturated rings. The highest BCUT2D eigenvalue weighted by molar-refractivity contribution is 9.10. The molecule has 1 amide bonds. The summed E-state index contributed by atoms with van der Waals surface area (Å²) in [5, 5.41) is 8.94. The smallest absolute Gasteiger partial charge is 0.303 e. The molecule has 12 heteroatoms. The Morgan fingerprint density at radius 1 is 1.22 bits per heavy atom. The van der Waals surface area contributed by atoms with Crippen molar-refractivity contribution in [2.75, 3.05) is 29.6 Å². The van der Waals surface area contributed by atoms with Gasteiger partial charge in [0.15, 0.2) is 26.5 Å². The minimum absolute atomic E-state index is 0.00893. The molecule has 0 bridgehead atoms. The van der Waals surface area contributed by atoms with E-state index in [0.717, 1.165) is 0 Å². The Morgan fingerprint density at radius 2 is 1.94 bits per heavy atom. The zero-order valence-electron chi connectivity index (χ0n) is 17.7. The second-order valence-corrected chi connectivity index (χ2v) is 11.5. The number of carbonyl (C=O) groups excluding carboxylic acids is 1. The van der Waals surface area contributed by atoms with Gasteiger partial charge in [-0.05, 0) is 42.3 Å². The van der Waals surface area contributed by atoms with Crippen LogP contribution in [0.25, 0.3) is 0 Å². The molecule has 2 atom stereocenters. The quantitative estimate of drug-likeness (QED) is 0.495. The van der Waals surface area contributed by atoms with Crippen molar-refractivity contribution in [3.8, 4) is 11.5 Å². The Balaban J connectivity index is 1.97. The van der Waals surface area contributed by atoms with Crippen LogP contribution < -0.4 is 14.4 Å². The molecule has 2 aliphatic rings. The first-order valence-corrected chi connectivity index (χ1v) is 13.7. The van der Waals surface area contributed by atoms with Crippen LogP contribution in [-0.2, 0) is 19.4 Å². The normalized spacial score (nSPS) is 22.7. The Bertz CT molecular complexity index is 1030. The number of carbonyl (C=O) groups is 2. The average molecular weight is 549 g/mol. The van der Waals surface area contributed by atoms with Crippen molar-refractivity contribution < 1.29 is 32.6 Å². The van der Waals surface area contributed by atoms with Crippen molar-refractivity contribution in [2.45, 2.75) is 44.4 Å². The first-order valence-electron chi connectivity index (χ1n) is 10.2. The number of rotatable bonds is 9. The van der Waals surface area contributed by atoms with E-state index < -0.39 is 21.7 Å². The van der Waals surface area contributed by atoms with Crippen molar-refractivity contribution in [1.29, 1.82) is 0 Å². The first kappa shape index (κ1) is 24.8.